The number of allylic oxidation sites excluding steroid dienone is 1. The average Bonchev–Trinajstić information content (AvgIpc) is 2.77. The van der Waals surface area contributed by atoms with E-state index in [1.165, 1.54) is 6.08 Å². The predicted octanol–water partition coefficient (Wildman–Crippen LogP) is 6.11. The molecule has 3 rings (SSSR count). The maximum Gasteiger partial charge on any atom is 0.343 e. The summed E-state index contributed by atoms with van der Waals surface area (Å²) in [5.74, 6) is 0.544. The van der Waals surface area contributed by atoms with Crippen molar-refractivity contribution in [3.05, 3.63) is 101 Å². The highest BCUT2D eigenvalue weighted by atomic mass is 16.5. The zero-order valence-electron chi connectivity index (χ0n) is 18.2. The van der Waals surface area contributed by atoms with E-state index in [9.17, 15) is 9.59 Å². The Bertz CT molecular complexity index is 1090. The van der Waals surface area contributed by atoms with Gasteiger partial charge in [-0.3, -0.25) is 4.79 Å². The highest BCUT2D eigenvalue weighted by molar-refractivity contribution is 6.06. The Hall–Kier alpha value is -3.66. The Morgan fingerprint density at radius 1 is 0.806 bits per heavy atom. The van der Waals surface area contributed by atoms with Crippen LogP contribution in [0.2, 0.25) is 0 Å². The third-order valence-corrected chi connectivity index (χ3v) is 4.86. The van der Waals surface area contributed by atoms with E-state index in [0.29, 0.717) is 16.9 Å². The topological polar surface area (TPSA) is 52.6 Å². The quantitative estimate of drug-likeness (QED) is 0.211. The van der Waals surface area contributed by atoms with Crippen molar-refractivity contribution in [3.63, 3.8) is 0 Å². The van der Waals surface area contributed by atoms with Gasteiger partial charge in [-0.05, 0) is 71.1 Å². The van der Waals surface area contributed by atoms with Gasteiger partial charge in [0.15, 0.2) is 5.78 Å². The first kappa shape index (κ1) is 22.0. The van der Waals surface area contributed by atoms with Crippen LogP contribution in [0.15, 0.2) is 78.9 Å². The van der Waals surface area contributed by atoms with E-state index < -0.39 is 5.97 Å². The van der Waals surface area contributed by atoms with Crippen LogP contribution in [0.3, 0.4) is 0 Å². The number of benzene rings is 3. The van der Waals surface area contributed by atoms with Gasteiger partial charge in [0.25, 0.3) is 0 Å². The van der Waals surface area contributed by atoms with Crippen LogP contribution in [0.25, 0.3) is 6.08 Å². The van der Waals surface area contributed by atoms with Gasteiger partial charge in [-0.1, -0.05) is 51.1 Å². The van der Waals surface area contributed by atoms with Crippen molar-refractivity contribution in [1.29, 1.82) is 0 Å². The van der Waals surface area contributed by atoms with E-state index in [4.69, 9.17) is 9.47 Å². The van der Waals surface area contributed by atoms with Gasteiger partial charge in [-0.15, -0.1) is 0 Å². The number of ether oxygens (including phenoxy) is 2. The van der Waals surface area contributed by atoms with E-state index in [0.717, 1.165) is 16.9 Å². The van der Waals surface area contributed by atoms with Gasteiger partial charge in [0.05, 0.1) is 12.7 Å². The van der Waals surface area contributed by atoms with Crippen molar-refractivity contribution in [2.45, 2.75) is 26.2 Å². The number of esters is 1. The van der Waals surface area contributed by atoms with Gasteiger partial charge in [0.2, 0.25) is 0 Å². The second-order valence-corrected chi connectivity index (χ2v) is 8.22. The van der Waals surface area contributed by atoms with Gasteiger partial charge >= 0.3 is 5.97 Å². The number of methoxy groups -OCH3 is 1. The Morgan fingerprint density at radius 2 is 1.45 bits per heavy atom. The van der Waals surface area contributed by atoms with Crippen LogP contribution in [0.5, 0.6) is 11.5 Å². The normalized spacial score (nSPS) is 11.4. The summed E-state index contributed by atoms with van der Waals surface area (Å²) in [4.78, 5) is 24.8. The Morgan fingerprint density at radius 3 is 2.06 bits per heavy atom. The summed E-state index contributed by atoms with van der Waals surface area (Å²) in [6, 6.07) is 21.4. The lowest BCUT2D eigenvalue weighted by atomic mass is 9.87. The van der Waals surface area contributed by atoms with Crippen LogP contribution in [-0.4, -0.2) is 18.9 Å². The number of carbonyl (C=O) groups is 2. The fourth-order valence-corrected chi connectivity index (χ4v) is 2.97. The zero-order valence-corrected chi connectivity index (χ0v) is 18.2. The molecule has 0 heterocycles. The Kier molecular flexibility index (Phi) is 6.71. The van der Waals surface area contributed by atoms with Crippen LogP contribution in [0.4, 0.5) is 0 Å². The summed E-state index contributed by atoms with van der Waals surface area (Å²) in [5, 5.41) is 0. The lowest BCUT2D eigenvalue weighted by Gasteiger charge is -2.18. The van der Waals surface area contributed by atoms with Crippen LogP contribution < -0.4 is 9.47 Å². The van der Waals surface area contributed by atoms with Gasteiger partial charge in [0.1, 0.15) is 11.5 Å². The number of ketones is 1. The molecule has 3 aromatic rings. The summed E-state index contributed by atoms with van der Waals surface area (Å²) in [6.45, 7) is 6.36. The molecule has 0 fully saturated rings. The third-order valence-electron chi connectivity index (χ3n) is 4.86. The Balaban J connectivity index is 1.63. The van der Waals surface area contributed by atoms with Gasteiger partial charge in [-0.25, -0.2) is 4.79 Å². The summed E-state index contributed by atoms with van der Waals surface area (Å²) in [5.41, 5.74) is 3.03. The number of hydrogen-bond acceptors (Lipinski definition) is 4. The summed E-state index contributed by atoms with van der Waals surface area (Å²) < 4.78 is 10.6. The van der Waals surface area contributed by atoms with Gasteiger partial charge in [0, 0.05) is 5.56 Å². The molecule has 4 heteroatoms. The molecule has 158 valence electrons. The lowest BCUT2D eigenvalue weighted by molar-refractivity contribution is 0.0734. The highest BCUT2D eigenvalue weighted by Gasteiger charge is 2.15. The predicted molar refractivity (Wildman–Crippen MR) is 123 cm³/mol. The lowest BCUT2D eigenvalue weighted by Crippen LogP contribution is -2.13. The molecule has 4 nitrogen and oxygen atoms in total. The SMILES string of the molecule is COc1cccc(C=CC(=O)c2ccc(OC(=O)c3ccc(C(C)(C)C)cc3)cc2)c1. The monoisotopic (exact) mass is 414 g/mol. The molecule has 0 amide bonds. The molecule has 0 bridgehead atoms. The summed E-state index contributed by atoms with van der Waals surface area (Å²) in [6.07, 6.45) is 3.24. The number of carbonyl (C=O) groups excluding carboxylic acids is 2. The first-order valence-corrected chi connectivity index (χ1v) is 10.1. The van der Waals surface area contributed by atoms with Crippen LogP contribution in [0.1, 0.15) is 52.6 Å². The Labute approximate surface area is 183 Å². The van der Waals surface area contributed by atoms with Gasteiger partial charge in [-0.2, -0.15) is 0 Å². The fourth-order valence-electron chi connectivity index (χ4n) is 2.97. The molecule has 0 spiro atoms. The molecule has 31 heavy (non-hydrogen) atoms. The van der Waals surface area contributed by atoms with Crippen molar-refractivity contribution in [1.82, 2.24) is 0 Å². The largest absolute Gasteiger partial charge is 0.497 e. The molecule has 0 unspecified atom stereocenters. The maximum atomic E-state index is 12.4. The minimum Gasteiger partial charge on any atom is -0.497 e. The first-order valence-electron chi connectivity index (χ1n) is 10.1. The summed E-state index contributed by atoms with van der Waals surface area (Å²) >= 11 is 0. The fraction of sp³-hybridized carbons (Fsp3) is 0.185. The number of rotatable bonds is 6. The molecule has 0 N–H and O–H groups in total. The van der Waals surface area contributed by atoms with Crippen LogP contribution >= 0.6 is 0 Å². The van der Waals surface area contributed by atoms with E-state index >= 15 is 0 Å². The zero-order chi connectivity index (χ0) is 22.4. The van der Waals surface area contributed by atoms with E-state index in [1.54, 1.807) is 49.6 Å². The van der Waals surface area contributed by atoms with Crippen molar-refractivity contribution in [2.24, 2.45) is 0 Å². The number of hydrogen-bond donors (Lipinski definition) is 0. The van der Waals surface area contributed by atoms with Crippen molar-refractivity contribution < 1.29 is 19.1 Å². The minimum absolute atomic E-state index is 0.0197. The van der Waals surface area contributed by atoms with Crippen LogP contribution in [-0.2, 0) is 5.41 Å². The third kappa shape index (κ3) is 5.92. The van der Waals surface area contributed by atoms with Crippen molar-refractivity contribution in [2.75, 3.05) is 7.11 Å². The first-order chi connectivity index (χ1) is 14.8. The van der Waals surface area contributed by atoms with E-state index in [2.05, 4.69) is 20.8 Å². The van der Waals surface area contributed by atoms with Gasteiger partial charge < -0.3 is 9.47 Å². The van der Waals surface area contributed by atoms with Crippen molar-refractivity contribution in [3.8, 4) is 11.5 Å². The van der Waals surface area contributed by atoms with Crippen LogP contribution in [0, 0.1) is 0 Å². The average molecular weight is 415 g/mol. The standard InChI is InChI=1S/C27H26O4/c1-27(2,3)22-13-9-21(10-14-22)26(29)31-23-15-11-20(12-16-23)25(28)17-8-19-6-5-7-24(18-19)30-4/h5-18H,1-4H3. The van der Waals surface area contributed by atoms with E-state index in [-0.39, 0.29) is 11.2 Å². The second-order valence-electron chi connectivity index (χ2n) is 8.22. The molecular formula is C27H26O4. The van der Waals surface area contributed by atoms with E-state index in [1.807, 2.05) is 36.4 Å². The molecule has 0 saturated carbocycles. The molecule has 3 aromatic carbocycles. The second kappa shape index (κ2) is 9.43. The smallest absolute Gasteiger partial charge is 0.343 e. The molecule has 0 aromatic heterocycles. The molecule has 0 saturated heterocycles. The minimum atomic E-state index is -0.433. The molecule has 0 radical (unpaired) electrons. The molecule has 0 atom stereocenters. The summed E-state index contributed by atoms with van der Waals surface area (Å²) in [7, 11) is 1.60. The molecule has 0 aliphatic rings. The van der Waals surface area contributed by atoms with Crippen molar-refractivity contribution >= 4 is 17.8 Å². The highest BCUT2D eigenvalue weighted by Crippen LogP contribution is 2.23. The molecule has 0 aliphatic carbocycles. The molecular weight excluding hydrogens is 388 g/mol. The maximum absolute atomic E-state index is 12.4. The molecule has 0 aliphatic heterocycles.